The van der Waals surface area contributed by atoms with Crippen LogP contribution in [0.4, 0.5) is 0 Å². The molecule has 1 unspecified atom stereocenters. The van der Waals surface area contributed by atoms with E-state index in [-0.39, 0.29) is 23.4 Å². The number of aromatic nitrogens is 2. The molecule has 0 radical (unpaired) electrons. The van der Waals surface area contributed by atoms with Gasteiger partial charge in [0.2, 0.25) is 0 Å². The number of rotatable bonds is 7. The average Bonchev–Trinajstić information content (AvgIpc) is 3.51. The third-order valence-corrected chi connectivity index (χ3v) is 9.16. The van der Waals surface area contributed by atoms with Crippen LogP contribution in [0.5, 0.6) is 5.75 Å². The van der Waals surface area contributed by atoms with Crippen LogP contribution in [0, 0.1) is 5.92 Å². The molecule has 2 aromatic heterocycles. The molecule has 40 heavy (non-hydrogen) atoms. The molecule has 2 aliphatic carbocycles. The highest BCUT2D eigenvalue weighted by Gasteiger charge is 2.40. The number of aromatic amines is 1. The van der Waals surface area contributed by atoms with Crippen LogP contribution in [0.2, 0.25) is 0 Å². The van der Waals surface area contributed by atoms with Crippen molar-refractivity contribution in [2.75, 3.05) is 34.4 Å². The van der Waals surface area contributed by atoms with Gasteiger partial charge in [-0.25, -0.2) is 4.79 Å². The number of aromatic carboxylic acids is 1. The minimum Gasteiger partial charge on any atom is -0.496 e. The summed E-state index contributed by atoms with van der Waals surface area (Å²) in [5, 5.41) is 12.6. The summed E-state index contributed by atoms with van der Waals surface area (Å²) in [7, 11) is 5.62. The smallest absolute Gasteiger partial charge is 0.337 e. The lowest BCUT2D eigenvalue weighted by atomic mass is 9.73. The van der Waals surface area contributed by atoms with E-state index in [1.54, 1.807) is 13.3 Å². The number of methoxy groups -OCH3 is 1. The van der Waals surface area contributed by atoms with Gasteiger partial charge in [0, 0.05) is 46.5 Å². The van der Waals surface area contributed by atoms with Crippen LogP contribution in [0.25, 0.3) is 22.7 Å². The van der Waals surface area contributed by atoms with E-state index < -0.39 is 5.97 Å². The summed E-state index contributed by atoms with van der Waals surface area (Å²) in [6, 6.07) is 6.44. The molecule has 0 saturated heterocycles. The van der Waals surface area contributed by atoms with Crippen molar-refractivity contribution in [2.24, 2.45) is 5.92 Å². The van der Waals surface area contributed by atoms with Crippen LogP contribution in [-0.2, 0) is 9.53 Å². The first-order valence-electron chi connectivity index (χ1n) is 14.6. The van der Waals surface area contributed by atoms with E-state index in [4.69, 9.17) is 9.47 Å². The van der Waals surface area contributed by atoms with Crippen molar-refractivity contribution in [3.8, 4) is 5.75 Å². The predicted molar refractivity (Wildman–Crippen MR) is 154 cm³/mol. The van der Waals surface area contributed by atoms with Crippen LogP contribution < -0.4 is 15.3 Å². The topological polar surface area (TPSA) is 96.8 Å². The van der Waals surface area contributed by atoms with Crippen LogP contribution in [-0.4, -0.2) is 65.9 Å². The summed E-state index contributed by atoms with van der Waals surface area (Å²) < 4.78 is 13.9. The molecule has 6 rings (SSSR count). The zero-order valence-electron chi connectivity index (χ0n) is 23.7. The summed E-state index contributed by atoms with van der Waals surface area (Å²) >= 11 is 0. The van der Waals surface area contributed by atoms with Gasteiger partial charge >= 0.3 is 11.9 Å². The number of esters is 1. The molecule has 2 atom stereocenters. The highest BCUT2D eigenvalue weighted by Crippen LogP contribution is 2.48. The van der Waals surface area contributed by atoms with E-state index >= 15 is 0 Å². The van der Waals surface area contributed by atoms with Gasteiger partial charge in [0.05, 0.1) is 24.1 Å². The summed E-state index contributed by atoms with van der Waals surface area (Å²) in [5.41, 5.74) is 4.67. The fraction of sp³-hybridized carbons (Fsp3) is 0.500. The number of ether oxygens (including phenoxy) is 2. The maximum absolute atomic E-state index is 13.6. The Labute approximate surface area is 234 Å². The SMILES string of the molecule is COc1ccc(C2CCCCC2)c2c1cc1n2C=c2c(C(=O)O)c[nH]c2=C2CCCC(C(=O)OCCN(C)C)[C@H]21. The van der Waals surface area contributed by atoms with Gasteiger partial charge in [-0.15, -0.1) is 0 Å². The molecule has 1 aliphatic heterocycles. The number of fused-ring (bicyclic) bond motifs is 6. The molecule has 8 heteroatoms. The fourth-order valence-electron chi connectivity index (χ4n) is 7.23. The fourth-order valence-corrected chi connectivity index (χ4v) is 7.23. The lowest BCUT2D eigenvalue weighted by Crippen LogP contribution is -2.35. The monoisotopic (exact) mass is 545 g/mol. The second-order valence-electron chi connectivity index (χ2n) is 11.8. The Kier molecular flexibility index (Phi) is 7.21. The number of carboxylic acid groups (broad SMARTS) is 1. The number of nitrogens with one attached hydrogen (secondary N) is 1. The number of carbonyl (C=O) groups is 2. The summed E-state index contributed by atoms with van der Waals surface area (Å²) in [6.45, 7) is 1.01. The van der Waals surface area contributed by atoms with E-state index in [2.05, 4.69) is 27.8 Å². The Hall–Kier alpha value is -3.52. The Morgan fingerprint density at radius 1 is 1.12 bits per heavy atom. The molecule has 8 nitrogen and oxygen atoms in total. The number of benzene rings is 1. The Balaban J connectivity index is 1.61. The highest BCUT2D eigenvalue weighted by atomic mass is 16.5. The van der Waals surface area contributed by atoms with Gasteiger partial charge < -0.3 is 29.0 Å². The lowest BCUT2D eigenvalue weighted by molar-refractivity contribution is -0.149. The summed E-state index contributed by atoms with van der Waals surface area (Å²) in [4.78, 5) is 31.2. The van der Waals surface area contributed by atoms with Crippen LogP contribution >= 0.6 is 0 Å². The maximum Gasteiger partial charge on any atom is 0.337 e. The Morgan fingerprint density at radius 2 is 1.93 bits per heavy atom. The largest absolute Gasteiger partial charge is 0.496 e. The van der Waals surface area contributed by atoms with Crippen LogP contribution in [0.15, 0.2) is 24.4 Å². The van der Waals surface area contributed by atoms with Gasteiger partial charge in [-0.05, 0) is 75.4 Å². The maximum atomic E-state index is 13.6. The molecule has 3 aliphatic rings. The number of nitrogens with zero attached hydrogens (tertiary/aromatic N) is 2. The Bertz CT molecular complexity index is 1570. The van der Waals surface area contributed by atoms with E-state index in [1.165, 1.54) is 24.8 Å². The molecular weight excluding hydrogens is 506 g/mol. The first kappa shape index (κ1) is 26.7. The van der Waals surface area contributed by atoms with Gasteiger partial charge in [-0.2, -0.15) is 0 Å². The van der Waals surface area contributed by atoms with Gasteiger partial charge in [0.1, 0.15) is 12.4 Å². The molecule has 212 valence electrons. The average molecular weight is 546 g/mol. The molecule has 0 amide bonds. The zero-order chi connectivity index (χ0) is 28.0. The number of carbonyl (C=O) groups excluding carboxylic acids is 1. The van der Waals surface area contributed by atoms with E-state index in [0.717, 1.165) is 65.4 Å². The van der Waals surface area contributed by atoms with Crippen molar-refractivity contribution in [3.05, 3.63) is 51.8 Å². The number of carboxylic acids is 1. The highest BCUT2D eigenvalue weighted by molar-refractivity contribution is 5.94. The third kappa shape index (κ3) is 4.52. The molecule has 0 spiro atoms. The molecule has 3 aromatic rings. The van der Waals surface area contributed by atoms with Gasteiger partial charge in [0.25, 0.3) is 0 Å². The predicted octanol–water partition coefficient (Wildman–Crippen LogP) is 4.16. The molecule has 1 aromatic carbocycles. The van der Waals surface area contributed by atoms with Gasteiger partial charge in [-0.3, -0.25) is 4.79 Å². The van der Waals surface area contributed by atoms with Crippen molar-refractivity contribution >= 4 is 34.6 Å². The van der Waals surface area contributed by atoms with Crippen molar-refractivity contribution in [3.63, 3.8) is 0 Å². The van der Waals surface area contributed by atoms with Crippen molar-refractivity contribution < 1.29 is 24.2 Å². The number of likely N-dealkylation sites (N-methyl/N-ethyl adjacent to an activating group) is 1. The molecule has 0 bridgehead atoms. The summed E-state index contributed by atoms with van der Waals surface area (Å²) in [6.07, 6.45) is 11.9. The second kappa shape index (κ2) is 10.8. The Morgan fingerprint density at radius 3 is 2.65 bits per heavy atom. The molecule has 2 fully saturated rings. The molecule has 3 heterocycles. The van der Waals surface area contributed by atoms with E-state index in [1.807, 2.05) is 25.2 Å². The van der Waals surface area contributed by atoms with E-state index in [9.17, 15) is 14.7 Å². The standard InChI is InChI=1S/C32H39N3O5/c1-34(2)14-15-40-32(38)22-11-7-10-21-28(22)26-16-23-27(39-3)13-12-20(19-8-5-4-6-9-19)30(23)35(26)18-25-24(31(36)37)17-33-29(21)25/h12-13,16-19,22,28,33H,4-11,14-15H2,1-3H3,(H,36,37)/t22?,28-/m0/s1. The van der Waals surface area contributed by atoms with Crippen molar-refractivity contribution in [2.45, 2.75) is 63.2 Å². The van der Waals surface area contributed by atoms with Crippen molar-refractivity contribution in [1.82, 2.24) is 14.5 Å². The number of hydrogen-bond acceptors (Lipinski definition) is 5. The summed E-state index contributed by atoms with van der Waals surface area (Å²) in [5.74, 6) is -0.508. The first-order chi connectivity index (χ1) is 19.4. The molecular formula is C32H39N3O5. The third-order valence-electron chi connectivity index (χ3n) is 9.16. The molecule has 2 saturated carbocycles. The first-order valence-corrected chi connectivity index (χ1v) is 14.6. The van der Waals surface area contributed by atoms with Crippen LogP contribution in [0.1, 0.15) is 84.8 Å². The van der Waals surface area contributed by atoms with Crippen molar-refractivity contribution in [1.29, 1.82) is 0 Å². The van der Waals surface area contributed by atoms with Gasteiger partial charge in [0.15, 0.2) is 0 Å². The lowest BCUT2D eigenvalue weighted by Gasteiger charge is -2.32. The number of hydrogen-bond donors (Lipinski definition) is 2. The zero-order valence-corrected chi connectivity index (χ0v) is 23.7. The minimum atomic E-state index is -0.966. The van der Waals surface area contributed by atoms with Gasteiger partial charge in [-0.1, -0.05) is 25.3 Å². The number of H-pyrrole nitrogens is 1. The second-order valence-corrected chi connectivity index (χ2v) is 11.8. The molecule has 2 N–H and O–H groups in total. The quantitative estimate of drug-likeness (QED) is 0.433. The minimum absolute atomic E-state index is 0.186. The van der Waals surface area contributed by atoms with Crippen LogP contribution in [0.3, 0.4) is 0 Å². The van der Waals surface area contributed by atoms with E-state index in [0.29, 0.717) is 24.3 Å². The normalized spacial score (nSPS) is 20.9.